The fourth-order valence-electron chi connectivity index (χ4n) is 2.38. The predicted molar refractivity (Wildman–Crippen MR) is 85.3 cm³/mol. The van der Waals surface area contributed by atoms with Gasteiger partial charge in [-0.3, -0.25) is 0 Å². The number of hydrogen-bond donors (Lipinski definition) is 1. The lowest BCUT2D eigenvalue weighted by atomic mass is 10.1. The average Bonchev–Trinajstić information content (AvgIpc) is 2.81. The molecule has 3 rings (SSSR count). The van der Waals surface area contributed by atoms with Gasteiger partial charge in [0.05, 0.1) is 16.1 Å². The molecule has 0 amide bonds. The maximum Gasteiger partial charge on any atom is 0.143 e. The molecule has 3 aromatic rings. The minimum Gasteiger partial charge on any atom is -0.398 e. The number of hydrogen-bond acceptors (Lipinski definition) is 2. The standard InChI is InChI=1S/C15H13Cl2N3/c1-2-20-14-11(17)4-3-5-13(14)19-15(20)10-8-9(16)6-7-12(10)18/h3-8H,2,18H2,1H3. The fourth-order valence-corrected chi connectivity index (χ4v) is 2.82. The maximum atomic E-state index is 6.29. The molecule has 0 bridgehead atoms. The number of rotatable bonds is 2. The molecule has 2 N–H and O–H groups in total. The van der Waals surface area contributed by atoms with Gasteiger partial charge >= 0.3 is 0 Å². The summed E-state index contributed by atoms with van der Waals surface area (Å²) in [5.74, 6) is 0.788. The molecule has 1 heterocycles. The first-order chi connectivity index (χ1) is 9.61. The Morgan fingerprint density at radius 2 is 2.00 bits per heavy atom. The monoisotopic (exact) mass is 305 g/mol. The lowest BCUT2D eigenvalue weighted by Crippen LogP contribution is -2.00. The molecule has 1 aromatic heterocycles. The van der Waals surface area contributed by atoms with Crippen molar-refractivity contribution in [3.05, 3.63) is 46.4 Å². The zero-order chi connectivity index (χ0) is 14.3. The molecule has 0 atom stereocenters. The summed E-state index contributed by atoms with van der Waals surface area (Å²) < 4.78 is 2.06. The third kappa shape index (κ3) is 2.03. The smallest absolute Gasteiger partial charge is 0.143 e. The van der Waals surface area contributed by atoms with Gasteiger partial charge in [0, 0.05) is 22.8 Å². The normalized spacial score (nSPS) is 11.2. The topological polar surface area (TPSA) is 43.8 Å². The number of para-hydroxylation sites is 1. The van der Waals surface area contributed by atoms with E-state index in [2.05, 4.69) is 16.5 Å². The second kappa shape index (κ2) is 5.00. The van der Waals surface area contributed by atoms with Crippen molar-refractivity contribution in [3.63, 3.8) is 0 Å². The molecule has 0 aliphatic rings. The van der Waals surface area contributed by atoms with E-state index in [0.717, 1.165) is 29.0 Å². The summed E-state index contributed by atoms with van der Waals surface area (Å²) in [5, 5.41) is 1.32. The van der Waals surface area contributed by atoms with Crippen LogP contribution in [0.4, 0.5) is 5.69 Å². The van der Waals surface area contributed by atoms with Crippen LogP contribution in [0.1, 0.15) is 6.92 Å². The van der Waals surface area contributed by atoms with Crippen molar-refractivity contribution in [1.82, 2.24) is 9.55 Å². The van der Waals surface area contributed by atoms with Gasteiger partial charge in [-0.15, -0.1) is 0 Å². The molecule has 0 fully saturated rings. The molecule has 102 valence electrons. The van der Waals surface area contributed by atoms with Crippen LogP contribution in [0.15, 0.2) is 36.4 Å². The molecular formula is C15H13Cl2N3. The summed E-state index contributed by atoms with van der Waals surface area (Å²) in [5.41, 5.74) is 9.31. The Bertz CT molecular complexity index is 793. The van der Waals surface area contributed by atoms with Crippen LogP contribution in [-0.2, 0) is 6.54 Å². The Hall–Kier alpha value is -1.71. The fraction of sp³-hybridized carbons (Fsp3) is 0.133. The first kappa shape index (κ1) is 13.3. The lowest BCUT2D eigenvalue weighted by Gasteiger charge is -2.09. The Morgan fingerprint density at radius 1 is 1.20 bits per heavy atom. The maximum absolute atomic E-state index is 6.29. The third-order valence-electron chi connectivity index (χ3n) is 3.29. The molecule has 2 aromatic carbocycles. The number of imidazole rings is 1. The Morgan fingerprint density at radius 3 is 2.75 bits per heavy atom. The van der Waals surface area contributed by atoms with Crippen LogP contribution in [0.3, 0.4) is 0 Å². The van der Waals surface area contributed by atoms with Crippen molar-refractivity contribution in [3.8, 4) is 11.4 Å². The summed E-state index contributed by atoms with van der Waals surface area (Å²) in [6.45, 7) is 2.80. The summed E-state index contributed by atoms with van der Waals surface area (Å²) in [6.07, 6.45) is 0. The Kier molecular flexibility index (Phi) is 3.32. The van der Waals surface area contributed by atoms with E-state index >= 15 is 0 Å². The van der Waals surface area contributed by atoms with E-state index in [9.17, 15) is 0 Å². The summed E-state index contributed by atoms with van der Waals surface area (Å²) in [6, 6.07) is 11.1. The van der Waals surface area contributed by atoms with Crippen LogP contribution >= 0.6 is 23.2 Å². The summed E-state index contributed by atoms with van der Waals surface area (Å²) in [7, 11) is 0. The Labute approximate surface area is 126 Å². The van der Waals surface area contributed by atoms with Crippen molar-refractivity contribution < 1.29 is 0 Å². The van der Waals surface area contributed by atoms with E-state index in [0.29, 0.717) is 15.7 Å². The van der Waals surface area contributed by atoms with E-state index < -0.39 is 0 Å². The van der Waals surface area contributed by atoms with Crippen LogP contribution in [-0.4, -0.2) is 9.55 Å². The first-order valence-electron chi connectivity index (χ1n) is 6.32. The van der Waals surface area contributed by atoms with Gasteiger partial charge in [0.1, 0.15) is 5.82 Å². The molecule has 0 saturated heterocycles. The van der Waals surface area contributed by atoms with Crippen LogP contribution in [0.25, 0.3) is 22.4 Å². The molecule has 5 heteroatoms. The average molecular weight is 306 g/mol. The van der Waals surface area contributed by atoms with Crippen molar-refractivity contribution >= 4 is 39.9 Å². The van der Waals surface area contributed by atoms with Crippen LogP contribution < -0.4 is 5.73 Å². The molecule has 0 aliphatic carbocycles. The molecule has 20 heavy (non-hydrogen) atoms. The van der Waals surface area contributed by atoms with Crippen molar-refractivity contribution in [2.45, 2.75) is 13.5 Å². The number of nitrogen functional groups attached to an aromatic ring is 1. The summed E-state index contributed by atoms with van der Waals surface area (Å²) in [4.78, 5) is 4.66. The largest absolute Gasteiger partial charge is 0.398 e. The van der Waals surface area contributed by atoms with Gasteiger partial charge in [0.2, 0.25) is 0 Å². The molecule has 0 radical (unpaired) electrons. The zero-order valence-electron chi connectivity index (χ0n) is 10.9. The minimum absolute atomic E-state index is 0.634. The number of nitrogens with zero attached hydrogens (tertiary/aromatic N) is 2. The Balaban J connectivity index is 2.36. The quantitative estimate of drug-likeness (QED) is 0.702. The number of fused-ring (bicyclic) bond motifs is 1. The van der Waals surface area contributed by atoms with E-state index in [1.165, 1.54) is 0 Å². The second-order valence-electron chi connectivity index (χ2n) is 4.52. The summed E-state index contributed by atoms with van der Waals surface area (Å²) >= 11 is 12.4. The van der Waals surface area contributed by atoms with Crippen molar-refractivity contribution in [1.29, 1.82) is 0 Å². The van der Waals surface area contributed by atoms with Gasteiger partial charge in [-0.05, 0) is 37.3 Å². The van der Waals surface area contributed by atoms with Crippen molar-refractivity contribution in [2.75, 3.05) is 5.73 Å². The van der Waals surface area contributed by atoms with Gasteiger partial charge in [0.15, 0.2) is 0 Å². The van der Waals surface area contributed by atoms with Crippen LogP contribution in [0, 0.1) is 0 Å². The minimum atomic E-state index is 0.634. The molecule has 0 spiro atoms. The number of aryl methyl sites for hydroxylation is 1. The van der Waals surface area contributed by atoms with Gasteiger partial charge in [-0.2, -0.15) is 0 Å². The van der Waals surface area contributed by atoms with Crippen molar-refractivity contribution in [2.24, 2.45) is 0 Å². The first-order valence-corrected chi connectivity index (χ1v) is 7.07. The number of anilines is 1. The molecule has 3 nitrogen and oxygen atoms in total. The van der Waals surface area contributed by atoms with E-state index in [1.807, 2.05) is 24.3 Å². The van der Waals surface area contributed by atoms with Gasteiger partial charge < -0.3 is 10.3 Å². The highest BCUT2D eigenvalue weighted by Crippen LogP contribution is 2.33. The van der Waals surface area contributed by atoms with Gasteiger partial charge in [0.25, 0.3) is 0 Å². The number of nitrogens with two attached hydrogens (primary N) is 1. The van der Waals surface area contributed by atoms with E-state index in [4.69, 9.17) is 28.9 Å². The number of aromatic nitrogens is 2. The highest BCUT2D eigenvalue weighted by Gasteiger charge is 2.15. The lowest BCUT2D eigenvalue weighted by molar-refractivity contribution is 0.797. The molecule has 0 unspecified atom stereocenters. The highest BCUT2D eigenvalue weighted by molar-refractivity contribution is 6.35. The van der Waals surface area contributed by atoms with Crippen LogP contribution in [0.5, 0.6) is 0 Å². The zero-order valence-corrected chi connectivity index (χ0v) is 12.4. The predicted octanol–water partition coefficient (Wildman–Crippen LogP) is 4.61. The molecular weight excluding hydrogens is 293 g/mol. The third-order valence-corrected chi connectivity index (χ3v) is 3.83. The number of benzene rings is 2. The molecule has 0 saturated carbocycles. The molecule has 0 aliphatic heterocycles. The van der Waals surface area contributed by atoms with Gasteiger partial charge in [-0.1, -0.05) is 29.3 Å². The van der Waals surface area contributed by atoms with Gasteiger partial charge in [-0.25, -0.2) is 4.98 Å². The highest BCUT2D eigenvalue weighted by atomic mass is 35.5. The van der Waals surface area contributed by atoms with E-state index in [-0.39, 0.29) is 0 Å². The SMILES string of the molecule is CCn1c(-c2cc(Cl)ccc2N)nc2cccc(Cl)c21. The van der Waals surface area contributed by atoms with Crippen LogP contribution in [0.2, 0.25) is 10.0 Å². The number of halogens is 2. The van der Waals surface area contributed by atoms with E-state index in [1.54, 1.807) is 12.1 Å². The second-order valence-corrected chi connectivity index (χ2v) is 5.36.